The molecule has 4 nitrogen and oxygen atoms in total. The van der Waals surface area contributed by atoms with Crippen molar-refractivity contribution in [2.75, 3.05) is 14.2 Å². The Bertz CT molecular complexity index is 1040. The first kappa shape index (κ1) is 15.3. The maximum atomic E-state index is 5.99. The summed E-state index contributed by atoms with van der Waals surface area (Å²) in [6.45, 7) is 0. The number of oxazole rings is 1. The molecule has 0 saturated heterocycles. The molecule has 0 amide bonds. The smallest absolute Gasteiger partial charge is 0.231 e. The lowest BCUT2D eigenvalue weighted by Crippen LogP contribution is -1.86. The second-order valence-corrected chi connectivity index (χ2v) is 5.63. The van der Waals surface area contributed by atoms with Gasteiger partial charge in [0.1, 0.15) is 17.0 Å². The monoisotopic (exact) mass is 331 g/mol. The first-order valence-electron chi connectivity index (χ1n) is 7.97. The van der Waals surface area contributed by atoms with Crippen molar-refractivity contribution in [2.45, 2.75) is 0 Å². The van der Waals surface area contributed by atoms with E-state index in [-0.39, 0.29) is 0 Å². The van der Waals surface area contributed by atoms with Gasteiger partial charge in [-0.25, -0.2) is 4.98 Å². The molecule has 0 aliphatic heterocycles. The minimum Gasteiger partial charge on any atom is -0.497 e. The molecule has 0 unspecified atom stereocenters. The number of ether oxygens (including phenoxy) is 2. The highest BCUT2D eigenvalue weighted by molar-refractivity contribution is 5.83. The predicted molar refractivity (Wildman–Crippen MR) is 98.0 cm³/mol. The van der Waals surface area contributed by atoms with Gasteiger partial charge in [0.05, 0.1) is 19.8 Å². The van der Waals surface area contributed by atoms with Crippen LogP contribution in [0.4, 0.5) is 0 Å². The third-order valence-corrected chi connectivity index (χ3v) is 4.13. The molecule has 124 valence electrons. The molecule has 0 radical (unpaired) electrons. The van der Waals surface area contributed by atoms with E-state index in [4.69, 9.17) is 13.9 Å². The Balaban J connectivity index is 1.79. The minimum absolute atomic E-state index is 0.551. The fourth-order valence-electron chi connectivity index (χ4n) is 2.84. The van der Waals surface area contributed by atoms with Crippen LogP contribution in [0.2, 0.25) is 0 Å². The number of methoxy groups -OCH3 is 2. The highest BCUT2D eigenvalue weighted by Gasteiger charge is 2.13. The van der Waals surface area contributed by atoms with Gasteiger partial charge in [-0.1, -0.05) is 30.3 Å². The summed E-state index contributed by atoms with van der Waals surface area (Å²) in [6, 6.07) is 21.6. The SMILES string of the molecule is COc1cccc(-c2ccc3nc(-c4ccccc4OC)oc3c2)c1. The van der Waals surface area contributed by atoms with Crippen molar-refractivity contribution in [3.8, 4) is 34.1 Å². The Kier molecular flexibility index (Phi) is 3.86. The van der Waals surface area contributed by atoms with Crippen molar-refractivity contribution in [3.63, 3.8) is 0 Å². The van der Waals surface area contributed by atoms with Crippen molar-refractivity contribution in [3.05, 3.63) is 66.7 Å². The van der Waals surface area contributed by atoms with Crippen LogP contribution in [0, 0.1) is 0 Å². The van der Waals surface area contributed by atoms with Crippen LogP contribution in [-0.2, 0) is 0 Å². The normalized spacial score (nSPS) is 10.8. The molecule has 0 bridgehead atoms. The Morgan fingerprint density at radius 2 is 1.64 bits per heavy atom. The van der Waals surface area contributed by atoms with Crippen LogP contribution < -0.4 is 9.47 Å². The maximum Gasteiger partial charge on any atom is 0.231 e. The second kappa shape index (κ2) is 6.32. The number of aromatic nitrogens is 1. The largest absolute Gasteiger partial charge is 0.497 e. The van der Waals surface area contributed by atoms with Gasteiger partial charge in [0, 0.05) is 0 Å². The molecule has 1 heterocycles. The summed E-state index contributed by atoms with van der Waals surface area (Å²) in [5.41, 5.74) is 4.50. The van der Waals surface area contributed by atoms with E-state index in [1.54, 1.807) is 14.2 Å². The number of benzene rings is 3. The van der Waals surface area contributed by atoms with Crippen molar-refractivity contribution < 1.29 is 13.9 Å². The van der Waals surface area contributed by atoms with Crippen LogP contribution in [-0.4, -0.2) is 19.2 Å². The Morgan fingerprint density at radius 1 is 0.800 bits per heavy atom. The third kappa shape index (κ3) is 2.83. The zero-order valence-electron chi connectivity index (χ0n) is 14.0. The summed E-state index contributed by atoms with van der Waals surface area (Å²) in [6.07, 6.45) is 0. The van der Waals surface area contributed by atoms with Gasteiger partial charge in [-0.2, -0.15) is 0 Å². The number of para-hydroxylation sites is 1. The molecular formula is C21H17NO3. The lowest BCUT2D eigenvalue weighted by atomic mass is 10.1. The topological polar surface area (TPSA) is 44.5 Å². The zero-order chi connectivity index (χ0) is 17.2. The molecule has 3 aromatic carbocycles. The van der Waals surface area contributed by atoms with E-state index in [1.807, 2.05) is 66.7 Å². The lowest BCUT2D eigenvalue weighted by molar-refractivity contribution is 0.414. The van der Waals surface area contributed by atoms with Crippen LogP contribution in [0.5, 0.6) is 11.5 Å². The molecule has 1 aromatic heterocycles. The van der Waals surface area contributed by atoms with Gasteiger partial charge in [0.2, 0.25) is 5.89 Å². The average Bonchev–Trinajstić information content (AvgIpc) is 3.11. The predicted octanol–water partition coefficient (Wildman–Crippen LogP) is 5.18. The number of rotatable bonds is 4. The summed E-state index contributed by atoms with van der Waals surface area (Å²) in [5.74, 6) is 2.11. The zero-order valence-corrected chi connectivity index (χ0v) is 14.0. The van der Waals surface area contributed by atoms with E-state index in [0.29, 0.717) is 5.89 Å². The quantitative estimate of drug-likeness (QED) is 0.517. The number of hydrogen-bond acceptors (Lipinski definition) is 4. The van der Waals surface area contributed by atoms with Crippen molar-refractivity contribution in [1.29, 1.82) is 0 Å². The van der Waals surface area contributed by atoms with Gasteiger partial charge in [-0.05, 0) is 47.5 Å². The van der Waals surface area contributed by atoms with Crippen LogP contribution in [0.25, 0.3) is 33.7 Å². The van der Waals surface area contributed by atoms with Gasteiger partial charge in [0.25, 0.3) is 0 Å². The highest BCUT2D eigenvalue weighted by atomic mass is 16.5. The second-order valence-electron chi connectivity index (χ2n) is 5.63. The number of fused-ring (bicyclic) bond motifs is 1. The standard InChI is InChI=1S/C21H17NO3/c1-23-16-7-5-6-14(12-16)15-10-11-18-20(13-15)25-21(22-18)17-8-3-4-9-19(17)24-2/h3-13H,1-2H3. The summed E-state index contributed by atoms with van der Waals surface area (Å²) >= 11 is 0. The Labute approximate surface area is 145 Å². The van der Waals surface area contributed by atoms with Crippen molar-refractivity contribution in [1.82, 2.24) is 4.98 Å². The van der Waals surface area contributed by atoms with Crippen molar-refractivity contribution >= 4 is 11.1 Å². The molecule has 25 heavy (non-hydrogen) atoms. The maximum absolute atomic E-state index is 5.99. The molecule has 0 saturated carbocycles. The fourth-order valence-corrected chi connectivity index (χ4v) is 2.84. The summed E-state index contributed by atoms with van der Waals surface area (Å²) < 4.78 is 16.7. The molecule has 4 aromatic rings. The van der Waals surface area contributed by atoms with E-state index < -0.39 is 0 Å². The van der Waals surface area contributed by atoms with Gasteiger partial charge in [0.15, 0.2) is 5.58 Å². The third-order valence-electron chi connectivity index (χ3n) is 4.13. The van der Waals surface area contributed by atoms with E-state index in [1.165, 1.54) is 0 Å². The van der Waals surface area contributed by atoms with Crippen LogP contribution in [0.15, 0.2) is 71.1 Å². The first-order valence-corrected chi connectivity index (χ1v) is 7.97. The molecule has 0 spiro atoms. The fraction of sp³-hybridized carbons (Fsp3) is 0.0952. The number of hydrogen-bond donors (Lipinski definition) is 0. The summed E-state index contributed by atoms with van der Waals surface area (Å²) in [7, 11) is 3.31. The van der Waals surface area contributed by atoms with Crippen LogP contribution in [0.1, 0.15) is 0 Å². The molecule has 0 N–H and O–H groups in total. The van der Waals surface area contributed by atoms with E-state index >= 15 is 0 Å². The Hall–Kier alpha value is -3.27. The molecule has 0 aliphatic rings. The van der Waals surface area contributed by atoms with E-state index in [0.717, 1.165) is 39.3 Å². The first-order chi connectivity index (χ1) is 12.3. The average molecular weight is 331 g/mol. The molecule has 0 fully saturated rings. The lowest BCUT2D eigenvalue weighted by Gasteiger charge is -2.04. The van der Waals surface area contributed by atoms with Gasteiger partial charge in [-0.15, -0.1) is 0 Å². The van der Waals surface area contributed by atoms with Gasteiger partial charge < -0.3 is 13.9 Å². The van der Waals surface area contributed by atoms with Crippen LogP contribution >= 0.6 is 0 Å². The molecule has 4 heteroatoms. The summed E-state index contributed by atoms with van der Waals surface area (Å²) in [4.78, 5) is 4.59. The highest BCUT2D eigenvalue weighted by Crippen LogP contribution is 2.33. The van der Waals surface area contributed by atoms with Crippen molar-refractivity contribution in [2.24, 2.45) is 0 Å². The van der Waals surface area contributed by atoms with Gasteiger partial charge in [-0.3, -0.25) is 0 Å². The minimum atomic E-state index is 0.551. The molecule has 0 atom stereocenters. The number of nitrogens with zero attached hydrogens (tertiary/aromatic N) is 1. The molecular weight excluding hydrogens is 314 g/mol. The Morgan fingerprint density at radius 3 is 2.48 bits per heavy atom. The van der Waals surface area contributed by atoms with E-state index in [9.17, 15) is 0 Å². The van der Waals surface area contributed by atoms with E-state index in [2.05, 4.69) is 4.98 Å². The summed E-state index contributed by atoms with van der Waals surface area (Å²) in [5, 5.41) is 0. The molecule has 4 rings (SSSR count). The molecule has 0 aliphatic carbocycles. The van der Waals surface area contributed by atoms with Crippen LogP contribution in [0.3, 0.4) is 0 Å². The van der Waals surface area contributed by atoms with Gasteiger partial charge >= 0.3 is 0 Å².